The summed E-state index contributed by atoms with van der Waals surface area (Å²) in [5.74, 6) is 1.37. The SMILES string of the molecule is CCN(CC)CCn1c(CCl)nc2c(C)nn(C)c21. The van der Waals surface area contributed by atoms with Crippen LogP contribution in [0, 0.1) is 6.92 Å². The zero-order valence-corrected chi connectivity index (χ0v) is 12.9. The second-order valence-corrected chi connectivity index (χ2v) is 4.99. The Hall–Kier alpha value is -1.07. The third-order valence-corrected chi connectivity index (χ3v) is 3.86. The highest BCUT2D eigenvalue weighted by Crippen LogP contribution is 2.20. The van der Waals surface area contributed by atoms with E-state index in [9.17, 15) is 0 Å². The van der Waals surface area contributed by atoms with Crippen LogP contribution in [0.2, 0.25) is 0 Å². The second-order valence-electron chi connectivity index (χ2n) is 4.72. The molecule has 2 aromatic rings. The maximum Gasteiger partial charge on any atom is 0.158 e. The molecule has 0 aromatic carbocycles. The van der Waals surface area contributed by atoms with Crippen molar-refractivity contribution in [3.63, 3.8) is 0 Å². The van der Waals surface area contributed by atoms with Crippen molar-refractivity contribution in [3.05, 3.63) is 11.5 Å². The molecule has 0 radical (unpaired) electrons. The minimum Gasteiger partial charge on any atom is -0.311 e. The van der Waals surface area contributed by atoms with Crippen molar-refractivity contribution in [2.75, 3.05) is 19.6 Å². The number of nitrogens with zero attached hydrogens (tertiary/aromatic N) is 5. The van der Waals surface area contributed by atoms with Gasteiger partial charge in [-0.1, -0.05) is 13.8 Å². The molecule has 2 rings (SSSR count). The fraction of sp³-hybridized carbons (Fsp3) is 0.692. The molecule has 0 fully saturated rings. The molecule has 5 nitrogen and oxygen atoms in total. The van der Waals surface area contributed by atoms with Crippen molar-refractivity contribution in [3.8, 4) is 0 Å². The summed E-state index contributed by atoms with van der Waals surface area (Å²) in [7, 11) is 1.96. The van der Waals surface area contributed by atoms with Crippen LogP contribution in [0.25, 0.3) is 11.2 Å². The Morgan fingerprint density at radius 2 is 1.95 bits per heavy atom. The summed E-state index contributed by atoms with van der Waals surface area (Å²) in [5.41, 5.74) is 3.00. The van der Waals surface area contributed by atoms with Gasteiger partial charge in [0.2, 0.25) is 0 Å². The average Bonchev–Trinajstić information content (AvgIpc) is 2.90. The molecule has 0 aliphatic heterocycles. The minimum atomic E-state index is 0.437. The Bertz CT molecular complexity index is 553. The third kappa shape index (κ3) is 2.62. The zero-order chi connectivity index (χ0) is 14.0. The number of fused-ring (bicyclic) bond motifs is 1. The van der Waals surface area contributed by atoms with Crippen LogP contribution >= 0.6 is 11.6 Å². The first-order valence-corrected chi connectivity index (χ1v) is 7.32. The quantitative estimate of drug-likeness (QED) is 0.763. The minimum absolute atomic E-state index is 0.437. The number of hydrogen-bond acceptors (Lipinski definition) is 3. The van der Waals surface area contributed by atoms with Crippen LogP contribution in [0.5, 0.6) is 0 Å². The van der Waals surface area contributed by atoms with Crippen LogP contribution in [0.1, 0.15) is 25.4 Å². The number of likely N-dealkylation sites (N-methyl/N-ethyl adjacent to an activating group) is 1. The molecule has 0 spiro atoms. The van der Waals surface area contributed by atoms with E-state index in [0.717, 1.165) is 48.9 Å². The molecule has 0 saturated heterocycles. The molecule has 0 amide bonds. The van der Waals surface area contributed by atoms with E-state index >= 15 is 0 Å². The lowest BCUT2D eigenvalue weighted by Crippen LogP contribution is -2.27. The van der Waals surface area contributed by atoms with Gasteiger partial charge in [0.25, 0.3) is 0 Å². The van der Waals surface area contributed by atoms with Crippen LogP contribution in [0.3, 0.4) is 0 Å². The monoisotopic (exact) mass is 283 g/mol. The third-order valence-electron chi connectivity index (χ3n) is 3.62. The van der Waals surface area contributed by atoms with Crippen LogP contribution in [-0.2, 0) is 19.5 Å². The molecule has 0 atom stereocenters. The maximum absolute atomic E-state index is 6.02. The summed E-state index contributed by atoms with van der Waals surface area (Å²) in [4.78, 5) is 7.01. The van der Waals surface area contributed by atoms with Crippen LogP contribution in [0.15, 0.2) is 0 Å². The van der Waals surface area contributed by atoms with Gasteiger partial charge in [0, 0.05) is 20.1 Å². The summed E-state index contributed by atoms with van der Waals surface area (Å²) >= 11 is 6.02. The number of aryl methyl sites for hydroxylation is 2. The molecule has 0 N–H and O–H groups in total. The van der Waals surface area contributed by atoms with Crippen molar-refractivity contribution in [2.24, 2.45) is 7.05 Å². The normalized spacial score (nSPS) is 11.9. The molecule has 106 valence electrons. The van der Waals surface area contributed by atoms with Gasteiger partial charge in [-0.05, 0) is 20.0 Å². The predicted molar refractivity (Wildman–Crippen MR) is 78.6 cm³/mol. The highest BCUT2D eigenvalue weighted by atomic mass is 35.5. The number of aromatic nitrogens is 4. The number of rotatable bonds is 6. The van der Waals surface area contributed by atoms with E-state index in [1.165, 1.54) is 0 Å². The summed E-state index contributed by atoms with van der Waals surface area (Å²) in [6.45, 7) is 10.4. The van der Waals surface area contributed by atoms with Gasteiger partial charge in [0.05, 0.1) is 11.6 Å². The first kappa shape index (κ1) is 14.3. The standard InChI is InChI=1S/C13H22ClN5/c1-5-18(6-2)7-8-19-11(9-14)15-12-10(3)16-17(4)13(12)19/h5-9H2,1-4H3. The molecule has 0 bridgehead atoms. The number of imidazole rings is 1. The molecule has 2 heterocycles. The Labute approximate surface area is 119 Å². The van der Waals surface area contributed by atoms with Gasteiger partial charge < -0.3 is 9.47 Å². The van der Waals surface area contributed by atoms with E-state index < -0.39 is 0 Å². The predicted octanol–water partition coefficient (Wildman–Crippen LogP) is 2.16. The Balaban J connectivity index is 2.34. The van der Waals surface area contributed by atoms with Gasteiger partial charge in [-0.15, -0.1) is 11.6 Å². The average molecular weight is 284 g/mol. The van der Waals surface area contributed by atoms with E-state index in [-0.39, 0.29) is 0 Å². The first-order valence-electron chi connectivity index (χ1n) is 6.79. The molecular formula is C13H22ClN5. The molecule has 0 aliphatic carbocycles. The number of halogens is 1. The molecule has 19 heavy (non-hydrogen) atoms. The number of alkyl halides is 1. The van der Waals surface area contributed by atoms with E-state index in [2.05, 4.69) is 33.4 Å². The van der Waals surface area contributed by atoms with E-state index in [1.54, 1.807) is 0 Å². The first-order chi connectivity index (χ1) is 9.12. The van der Waals surface area contributed by atoms with Crippen molar-refractivity contribution in [1.29, 1.82) is 0 Å². The topological polar surface area (TPSA) is 38.9 Å². The van der Waals surface area contributed by atoms with Gasteiger partial charge in [-0.25, -0.2) is 4.98 Å². The lowest BCUT2D eigenvalue weighted by Gasteiger charge is -2.19. The fourth-order valence-electron chi connectivity index (χ4n) is 2.50. The van der Waals surface area contributed by atoms with Gasteiger partial charge >= 0.3 is 0 Å². The van der Waals surface area contributed by atoms with E-state index in [4.69, 9.17) is 11.6 Å². The maximum atomic E-state index is 6.02. The zero-order valence-electron chi connectivity index (χ0n) is 12.1. The van der Waals surface area contributed by atoms with Gasteiger partial charge in [0.15, 0.2) is 5.65 Å². The molecule has 6 heteroatoms. The summed E-state index contributed by atoms with van der Waals surface area (Å²) in [5, 5.41) is 4.43. The largest absolute Gasteiger partial charge is 0.311 e. The molecule has 2 aromatic heterocycles. The van der Waals surface area contributed by atoms with Crippen LogP contribution < -0.4 is 0 Å². The van der Waals surface area contributed by atoms with Crippen molar-refractivity contribution in [1.82, 2.24) is 24.2 Å². The van der Waals surface area contributed by atoms with E-state index in [0.29, 0.717) is 5.88 Å². The fourth-order valence-corrected chi connectivity index (χ4v) is 2.70. The van der Waals surface area contributed by atoms with Crippen molar-refractivity contribution in [2.45, 2.75) is 33.2 Å². The molecule has 0 aliphatic rings. The highest BCUT2D eigenvalue weighted by molar-refractivity contribution is 6.16. The van der Waals surface area contributed by atoms with Gasteiger partial charge in [-0.2, -0.15) is 5.10 Å². The second kappa shape index (κ2) is 5.92. The number of hydrogen-bond donors (Lipinski definition) is 0. The van der Waals surface area contributed by atoms with Crippen molar-refractivity contribution < 1.29 is 0 Å². The Kier molecular flexibility index (Phi) is 4.47. The summed E-state index contributed by atoms with van der Waals surface area (Å²) in [6, 6.07) is 0. The van der Waals surface area contributed by atoms with Crippen LogP contribution in [-0.4, -0.2) is 43.9 Å². The van der Waals surface area contributed by atoms with Gasteiger partial charge in [0.1, 0.15) is 11.3 Å². The summed E-state index contributed by atoms with van der Waals surface area (Å²) < 4.78 is 4.09. The van der Waals surface area contributed by atoms with Gasteiger partial charge in [-0.3, -0.25) is 4.68 Å². The lowest BCUT2D eigenvalue weighted by molar-refractivity contribution is 0.290. The van der Waals surface area contributed by atoms with Crippen LogP contribution in [0.4, 0.5) is 0 Å². The highest BCUT2D eigenvalue weighted by Gasteiger charge is 2.16. The van der Waals surface area contributed by atoms with Crippen molar-refractivity contribution >= 4 is 22.8 Å². The summed E-state index contributed by atoms with van der Waals surface area (Å²) in [6.07, 6.45) is 0. The molecular weight excluding hydrogens is 262 g/mol. The molecule has 0 unspecified atom stereocenters. The molecule has 0 saturated carbocycles. The lowest BCUT2D eigenvalue weighted by atomic mass is 10.4. The van der Waals surface area contributed by atoms with E-state index in [1.807, 2.05) is 18.7 Å². The Morgan fingerprint density at radius 1 is 1.26 bits per heavy atom. The smallest absolute Gasteiger partial charge is 0.158 e. The Morgan fingerprint density at radius 3 is 2.53 bits per heavy atom.